The molecule has 0 spiro atoms. The average Bonchev–Trinajstić information content (AvgIpc) is 3.11. The minimum absolute atomic E-state index is 0.170. The molecule has 0 radical (unpaired) electrons. The molecule has 2 unspecified atom stereocenters. The topological polar surface area (TPSA) is 46.2 Å². The van der Waals surface area contributed by atoms with Crippen LogP contribution in [0.4, 0.5) is 0 Å². The fourth-order valence-corrected chi connectivity index (χ4v) is 2.80. The summed E-state index contributed by atoms with van der Waals surface area (Å²) >= 11 is 5.92. The van der Waals surface area contributed by atoms with E-state index in [0.717, 1.165) is 11.3 Å². The standard InChI is InChI=1S/C20H23ClO5/c1-22-17-7-9-18(10-8-17)24-15-20(25-13-19(11-21)26-20)14-23-12-16-5-3-2-4-6-16/h2-10,19H,11-15H2,1H3. The van der Waals surface area contributed by atoms with Crippen LogP contribution in [0.15, 0.2) is 54.6 Å². The molecule has 2 aromatic carbocycles. The lowest BCUT2D eigenvalue weighted by atomic mass is 10.2. The van der Waals surface area contributed by atoms with Crippen molar-refractivity contribution in [3.05, 3.63) is 60.2 Å². The Kier molecular flexibility index (Phi) is 6.74. The lowest BCUT2D eigenvalue weighted by Gasteiger charge is -2.27. The number of hydrogen-bond acceptors (Lipinski definition) is 5. The summed E-state index contributed by atoms with van der Waals surface area (Å²) in [6.07, 6.45) is -0.170. The van der Waals surface area contributed by atoms with Crippen molar-refractivity contribution in [1.29, 1.82) is 0 Å². The second kappa shape index (κ2) is 9.24. The van der Waals surface area contributed by atoms with Crippen LogP contribution in [-0.4, -0.2) is 44.7 Å². The molecule has 3 rings (SSSR count). The van der Waals surface area contributed by atoms with Crippen molar-refractivity contribution < 1.29 is 23.7 Å². The highest BCUT2D eigenvalue weighted by atomic mass is 35.5. The third-order valence-corrected chi connectivity index (χ3v) is 4.38. The van der Waals surface area contributed by atoms with E-state index in [0.29, 0.717) is 24.8 Å². The van der Waals surface area contributed by atoms with Crippen molar-refractivity contribution >= 4 is 11.6 Å². The number of hydrogen-bond donors (Lipinski definition) is 0. The molecule has 1 aliphatic rings. The van der Waals surface area contributed by atoms with Gasteiger partial charge in [0.25, 0.3) is 0 Å². The lowest BCUT2D eigenvalue weighted by Crippen LogP contribution is -2.43. The normalized spacial score (nSPS) is 22.3. The summed E-state index contributed by atoms with van der Waals surface area (Å²) in [7, 11) is 1.63. The van der Waals surface area contributed by atoms with Crippen LogP contribution < -0.4 is 9.47 Å². The first-order valence-corrected chi connectivity index (χ1v) is 9.03. The molecule has 1 heterocycles. The monoisotopic (exact) mass is 378 g/mol. The third-order valence-electron chi connectivity index (χ3n) is 4.04. The molecule has 0 aromatic heterocycles. The first-order chi connectivity index (χ1) is 12.7. The zero-order valence-electron chi connectivity index (χ0n) is 14.7. The summed E-state index contributed by atoms with van der Waals surface area (Å²) < 4.78 is 28.7. The fraction of sp³-hybridized carbons (Fsp3) is 0.400. The van der Waals surface area contributed by atoms with Crippen LogP contribution in [0.25, 0.3) is 0 Å². The van der Waals surface area contributed by atoms with Crippen LogP contribution in [0.2, 0.25) is 0 Å². The Labute approximate surface area is 158 Å². The molecule has 2 aromatic rings. The number of halogens is 1. The summed E-state index contributed by atoms with van der Waals surface area (Å²) in [6, 6.07) is 17.3. The minimum Gasteiger partial charge on any atom is -0.497 e. The number of ether oxygens (including phenoxy) is 5. The Balaban J connectivity index is 1.58. The molecule has 0 amide bonds. The molecule has 2 atom stereocenters. The zero-order chi connectivity index (χ0) is 18.2. The van der Waals surface area contributed by atoms with Crippen LogP contribution in [0.3, 0.4) is 0 Å². The van der Waals surface area contributed by atoms with Gasteiger partial charge in [-0.15, -0.1) is 11.6 Å². The van der Waals surface area contributed by atoms with Gasteiger partial charge in [-0.3, -0.25) is 0 Å². The molecule has 0 bridgehead atoms. The van der Waals surface area contributed by atoms with E-state index in [9.17, 15) is 0 Å². The van der Waals surface area contributed by atoms with E-state index in [2.05, 4.69) is 0 Å². The Morgan fingerprint density at radius 1 is 1.04 bits per heavy atom. The highest BCUT2D eigenvalue weighted by Crippen LogP contribution is 2.27. The largest absolute Gasteiger partial charge is 0.497 e. The quantitative estimate of drug-likeness (QED) is 0.623. The molecule has 1 fully saturated rings. The molecule has 140 valence electrons. The smallest absolute Gasteiger partial charge is 0.227 e. The molecular weight excluding hydrogens is 356 g/mol. The number of alkyl halides is 1. The van der Waals surface area contributed by atoms with Gasteiger partial charge in [0.2, 0.25) is 5.79 Å². The van der Waals surface area contributed by atoms with E-state index in [1.807, 2.05) is 54.6 Å². The van der Waals surface area contributed by atoms with Gasteiger partial charge in [-0.25, -0.2) is 0 Å². The minimum atomic E-state index is -0.964. The van der Waals surface area contributed by atoms with Crippen LogP contribution >= 0.6 is 11.6 Å². The summed E-state index contributed by atoms with van der Waals surface area (Å²) in [6.45, 7) is 1.36. The Morgan fingerprint density at radius 3 is 2.42 bits per heavy atom. The predicted octanol–water partition coefficient (Wildman–Crippen LogP) is 3.64. The molecule has 0 saturated carbocycles. The molecule has 0 N–H and O–H groups in total. The number of rotatable bonds is 9. The Hall–Kier alpha value is -1.79. The van der Waals surface area contributed by atoms with E-state index in [1.54, 1.807) is 7.11 Å². The second-order valence-corrected chi connectivity index (χ2v) is 6.37. The van der Waals surface area contributed by atoms with Crippen LogP contribution in [0.1, 0.15) is 5.56 Å². The maximum absolute atomic E-state index is 5.97. The second-order valence-electron chi connectivity index (χ2n) is 6.06. The Morgan fingerprint density at radius 2 is 1.77 bits per heavy atom. The molecule has 6 heteroatoms. The van der Waals surface area contributed by atoms with E-state index in [4.69, 9.17) is 35.3 Å². The van der Waals surface area contributed by atoms with E-state index >= 15 is 0 Å². The third kappa shape index (κ3) is 5.11. The SMILES string of the molecule is COc1ccc(OCC2(COCc3ccccc3)OCC(CCl)O2)cc1. The van der Waals surface area contributed by atoms with Crippen LogP contribution in [0.5, 0.6) is 11.5 Å². The van der Waals surface area contributed by atoms with Crippen molar-refractivity contribution in [2.75, 3.05) is 32.8 Å². The number of methoxy groups -OCH3 is 1. The molecule has 0 aliphatic carbocycles. The Bertz CT molecular complexity index is 664. The van der Waals surface area contributed by atoms with Gasteiger partial charge in [-0.1, -0.05) is 30.3 Å². The van der Waals surface area contributed by atoms with E-state index in [-0.39, 0.29) is 19.3 Å². The first-order valence-electron chi connectivity index (χ1n) is 8.49. The summed E-state index contributed by atoms with van der Waals surface area (Å²) in [5.74, 6) is 0.876. The van der Waals surface area contributed by atoms with Crippen LogP contribution in [0, 0.1) is 0 Å². The van der Waals surface area contributed by atoms with Crippen molar-refractivity contribution in [1.82, 2.24) is 0 Å². The highest BCUT2D eigenvalue weighted by molar-refractivity contribution is 6.18. The molecule has 1 saturated heterocycles. The highest BCUT2D eigenvalue weighted by Gasteiger charge is 2.42. The zero-order valence-corrected chi connectivity index (χ0v) is 15.5. The van der Waals surface area contributed by atoms with Gasteiger partial charge >= 0.3 is 0 Å². The first kappa shape index (κ1) is 19.0. The van der Waals surface area contributed by atoms with Gasteiger partial charge < -0.3 is 23.7 Å². The van der Waals surface area contributed by atoms with Gasteiger partial charge in [0, 0.05) is 0 Å². The average molecular weight is 379 g/mol. The lowest BCUT2D eigenvalue weighted by molar-refractivity contribution is -0.218. The van der Waals surface area contributed by atoms with Crippen molar-refractivity contribution in [3.63, 3.8) is 0 Å². The summed E-state index contributed by atoms with van der Waals surface area (Å²) in [4.78, 5) is 0. The number of benzene rings is 2. The van der Waals surface area contributed by atoms with E-state index in [1.165, 1.54) is 0 Å². The van der Waals surface area contributed by atoms with Crippen molar-refractivity contribution in [2.45, 2.75) is 18.5 Å². The maximum Gasteiger partial charge on any atom is 0.227 e. The van der Waals surface area contributed by atoms with Crippen LogP contribution in [-0.2, 0) is 20.8 Å². The summed E-state index contributed by atoms with van der Waals surface area (Å²) in [5.41, 5.74) is 1.09. The molecule has 5 nitrogen and oxygen atoms in total. The van der Waals surface area contributed by atoms with E-state index < -0.39 is 5.79 Å². The van der Waals surface area contributed by atoms with Gasteiger partial charge in [0.05, 0.1) is 32.3 Å². The summed E-state index contributed by atoms with van der Waals surface area (Å²) in [5, 5.41) is 0. The van der Waals surface area contributed by atoms with Gasteiger partial charge in [-0.05, 0) is 29.8 Å². The van der Waals surface area contributed by atoms with Gasteiger partial charge in [-0.2, -0.15) is 0 Å². The maximum atomic E-state index is 5.97. The van der Waals surface area contributed by atoms with Crippen molar-refractivity contribution in [3.8, 4) is 11.5 Å². The molecule has 1 aliphatic heterocycles. The fourth-order valence-electron chi connectivity index (χ4n) is 2.65. The van der Waals surface area contributed by atoms with Gasteiger partial charge in [0.15, 0.2) is 0 Å². The van der Waals surface area contributed by atoms with Gasteiger partial charge in [0.1, 0.15) is 24.7 Å². The molecule has 26 heavy (non-hydrogen) atoms. The van der Waals surface area contributed by atoms with Crippen molar-refractivity contribution in [2.24, 2.45) is 0 Å². The molecular formula is C20H23ClO5. The predicted molar refractivity (Wildman–Crippen MR) is 98.9 cm³/mol.